The van der Waals surface area contributed by atoms with Crippen molar-refractivity contribution < 1.29 is 0 Å². The molecule has 1 aliphatic rings. The van der Waals surface area contributed by atoms with E-state index < -0.39 is 0 Å². The third-order valence-electron chi connectivity index (χ3n) is 11.9. The van der Waals surface area contributed by atoms with Crippen molar-refractivity contribution in [2.24, 2.45) is 0 Å². The Balaban J connectivity index is 1.07. The summed E-state index contributed by atoms with van der Waals surface area (Å²) in [5.41, 5.74) is 10.7. The lowest BCUT2D eigenvalue weighted by atomic mass is 9.54. The summed E-state index contributed by atoms with van der Waals surface area (Å²) in [6.07, 6.45) is 0. The molecule has 254 valence electrons. The van der Waals surface area contributed by atoms with Crippen molar-refractivity contribution in [1.82, 2.24) is 15.0 Å². The summed E-state index contributed by atoms with van der Waals surface area (Å²) in [5.74, 6) is 1.99. The van der Waals surface area contributed by atoms with Crippen molar-refractivity contribution in [3.8, 4) is 56.4 Å². The van der Waals surface area contributed by atoms with Gasteiger partial charge in [0.2, 0.25) is 0 Å². The smallest absolute Gasteiger partial charge is 0.164 e. The Morgan fingerprint density at radius 2 is 0.943 bits per heavy atom. The standard InChI is InChI=1S/C49H37N3S/c1-48(2)41-29-43-40(28-38(41)37-25-23-31-13-11-12-18-36(31)44(37)49(48,3)4)39-27-35(24-26-42(39)53-43)30-19-21-34(22-20-30)47-51-45(32-14-7-5-8-15-32)50-46(52-47)33-16-9-6-10-17-33/h5-29H,1-4H3. The Morgan fingerprint density at radius 3 is 1.60 bits per heavy atom. The quantitative estimate of drug-likeness (QED) is 0.184. The van der Waals surface area contributed by atoms with Gasteiger partial charge in [-0.3, -0.25) is 0 Å². The first-order valence-electron chi connectivity index (χ1n) is 18.3. The van der Waals surface area contributed by atoms with Gasteiger partial charge in [0.15, 0.2) is 17.5 Å². The molecule has 0 amide bonds. The molecule has 3 nitrogen and oxygen atoms in total. The lowest BCUT2D eigenvalue weighted by Gasteiger charge is -2.49. The molecule has 0 fully saturated rings. The third kappa shape index (κ3) is 4.97. The minimum Gasteiger partial charge on any atom is -0.208 e. The predicted molar refractivity (Wildman–Crippen MR) is 223 cm³/mol. The summed E-state index contributed by atoms with van der Waals surface area (Å²) in [7, 11) is 0. The number of hydrogen-bond acceptors (Lipinski definition) is 4. The number of aromatic nitrogens is 3. The molecular weight excluding hydrogens is 663 g/mol. The summed E-state index contributed by atoms with van der Waals surface area (Å²) in [5, 5.41) is 5.29. The molecule has 0 N–H and O–H groups in total. The molecule has 7 aromatic carbocycles. The van der Waals surface area contributed by atoms with Crippen LogP contribution in [0.5, 0.6) is 0 Å². The van der Waals surface area contributed by atoms with Crippen LogP contribution < -0.4 is 0 Å². The van der Waals surface area contributed by atoms with Gasteiger partial charge in [-0.05, 0) is 73.8 Å². The number of rotatable bonds is 4. The normalized spacial score (nSPS) is 14.3. The summed E-state index contributed by atoms with van der Waals surface area (Å²) < 4.78 is 2.66. The van der Waals surface area contributed by atoms with Crippen LogP contribution in [0, 0.1) is 0 Å². The van der Waals surface area contributed by atoms with Gasteiger partial charge in [0, 0.05) is 42.3 Å². The monoisotopic (exact) mass is 699 g/mol. The van der Waals surface area contributed by atoms with Gasteiger partial charge in [0.05, 0.1) is 0 Å². The van der Waals surface area contributed by atoms with E-state index in [1.807, 2.05) is 72.0 Å². The Morgan fingerprint density at radius 1 is 0.396 bits per heavy atom. The van der Waals surface area contributed by atoms with Gasteiger partial charge in [-0.25, -0.2) is 15.0 Å². The largest absolute Gasteiger partial charge is 0.208 e. The molecule has 4 heteroatoms. The van der Waals surface area contributed by atoms with Gasteiger partial charge in [0.1, 0.15) is 0 Å². The van der Waals surface area contributed by atoms with Crippen molar-refractivity contribution in [1.29, 1.82) is 0 Å². The van der Waals surface area contributed by atoms with Crippen molar-refractivity contribution >= 4 is 42.3 Å². The average Bonchev–Trinajstić information content (AvgIpc) is 3.57. The second-order valence-electron chi connectivity index (χ2n) is 15.3. The number of fused-ring (bicyclic) bond motifs is 8. The lowest BCUT2D eigenvalue weighted by Crippen LogP contribution is -2.43. The third-order valence-corrected chi connectivity index (χ3v) is 13.0. The summed E-state index contributed by atoms with van der Waals surface area (Å²) in [4.78, 5) is 14.7. The first kappa shape index (κ1) is 31.7. The van der Waals surface area contributed by atoms with Gasteiger partial charge in [-0.2, -0.15) is 0 Å². The molecule has 9 aromatic rings. The molecule has 0 unspecified atom stereocenters. The summed E-state index contributed by atoms with van der Waals surface area (Å²) in [6, 6.07) is 54.3. The minimum absolute atomic E-state index is 0.0482. The molecule has 0 aliphatic heterocycles. The molecular formula is C49H37N3S. The number of thiophene rings is 1. The second kappa shape index (κ2) is 11.8. The summed E-state index contributed by atoms with van der Waals surface area (Å²) >= 11 is 1.90. The minimum atomic E-state index is -0.0566. The van der Waals surface area contributed by atoms with E-state index in [-0.39, 0.29) is 10.8 Å². The fraction of sp³-hybridized carbons (Fsp3) is 0.122. The van der Waals surface area contributed by atoms with E-state index in [2.05, 4.69) is 119 Å². The Hall–Kier alpha value is -5.97. The maximum Gasteiger partial charge on any atom is 0.164 e. The number of benzene rings is 7. The molecule has 0 atom stereocenters. The van der Waals surface area contributed by atoms with E-state index in [1.54, 1.807) is 0 Å². The van der Waals surface area contributed by atoms with Crippen LogP contribution in [0.3, 0.4) is 0 Å². The molecule has 2 heterocycles. The maximum atomic E-state index is 4.94. The fourth-order valence-corrected chi connectivity index (χ4v) is 9.42. The van der Waals surface area contributed by atoms with Crippen LogP contribution in [-0.2, 0) is 10.8 Å². The SMILES string of the molecule is CC1(C)c2cc3sc4ccc(-c5ccc(-c6nc(-c7ccccc7)nc(-c7ccccc7)n6)cc5)cc4c3cc2-c2ccc3ccccc3c2C1(C)C. The summed E-state index contributed by atoms with van der Waals surface area (Å²) in [6.45, 7) is 9.72. The lowest BCUT2D eigenvalue weighted by molar-refractivity contribution is 0.301. The van der Waals surface area contributed by atoms with E-state index in [1.165, 1.54) is 58.8 Å². The zero-order valence-electron chi connectivity index (χ0n) is 30.2. The molecule has 0 saturated heterocycles. The second-order valence-corrected chi connectivity index (χ2v) is 16.4. The molecule has 0 saturated carbocycles. The molecule has 1 aliphatic carbocycles. The van der Waals surface area contributed by atoms with Crippen LogP contribution in [-0.4, -0.2) is 15.0 Å². The Bertz CT molecular complexity index is 2810. The first-order valence-corrected chi connectivity index (χ1v) is 19.1. The van der Waals surface area contributed by atoms with E-state index in [0.717, 1.165) is 22.3 Å². The van der Waals surface area contributed by atoms with Crippen LogP contribution in [0.2, 0.25) is 0 Å². The van der Waals surface area contributed by atoms with E-state index in [9.17, 15) is 0 Å². The van der Waals surface area contributed by atoms with Crippen LogP contribution in [0.4, 0.5) is 0 Å². The molecule has 2 aromatic heterocycles. The molecule has 0 radical (unpaired) electrons. The van der Waals surface area contributed by atoms with Crippen LogP contribution >= 0.6 is 11.3 Å². The van der Waals surface area contributed by atoms with E-state index in [0.29, 0.717) is 17.5 Å². The highest BCUT2D eigenvalue weighted by molar-refractivity contribution is 7.25. The van der Waals surface area contributed by atoms with Gasteiger partial charge in [-0.15, -0.1) is 11.3 Å². The highest BCUT2D eigenvalue weighted by atomic mass is 32.1. The number of hydrogen-bond donors (Lipinski definition) is 0. The van der Waals surface area contributed by atoms with Gasteiger partial charge in [0.25, 0.3) is 0 Å². The highest BCUT2D eigenvalue weighted by Crippen LogP contribution is 2.57. The van der Waals surface area contributed by atoms with E-state index in [4.69, 9.17) is 15.0 Å². The zero-order chi connectivity index (χ0) is 35.9. The molecule has 0 bridgehead atoms. The van der Waals surface area contributed by atoms with Crippen LogP contribution in [0.15, 0.2) is 152 Å². The molecule has 10 rings (SSSR count). The van der Waals surface area contributed by atoms with Crippen molar-refractivity contribution in [3.63, 3.8) is 0 Å². The molecule has 53 heavy (non-hydrogen) atoms. The van der Waals surface area contributed by atoms with Crippen molar-refractivity contribution in [2.75, 3.05) is 0 Å². The Labute approximate surface area is 313 Å². The molecule has 0 spiro atoms. The van der Waals surface area contributed by atoms with Crippen molar-refractivity contribution in [2.45, 2.75) is 38.5 Å². The fourth-order valence-electron chi connectivity index (χ4n) is 8.31. The highest BCUT2D eigenvalue weighted by Gasteiger charge is 2.46. The predicted octanol–water partition coefficient (Wildman–Crippen LogP) is 13.3. The zero-order valence-corrected chi connectivity index (χ0v) is 31.0. The van der Waals surface area contributed by atoms with Crippen LogP contribution in [0.25, 0.3) is 87.4 Å². The topological polar surface area (TPSA) is 38.7 Å². The number of nitrogens with zero attached hydrogens (tertiary/aromatic N) is 3. The first-order chi connectivity index (χ1) is 25.8. The van der Waals surface area contributed by atoms with Crippen molar-refractivity contribution in [3.05, 3.63) is 163 Å². The van der Waals surface area contributed by atoms with Gasteiger partial charge < -0.3 is 0 Å². The Kier molecular flexibility index (Phi) is 7.05. The van der Waals surface area contributed by atoms with Gasteiger partial charge in [-0.1, -0.05) is 155 Å². The van der Waals surface area contributed by atoms with Gasteiger partial charge >= 0.3 is 0 Å². The van der Waals surface area contributed by atoms with Crippen LogP contribution in [0.1, 0.15) is 38.8 Å². The van der Waals surface area contributed by atoms with E-state index >= 15 is 0 Å². The maximum absolute atomic E-state index is 4.94. The average molecular weight is 700 g/mol.